The summed E-state index contributed by atoms with van der Waals surface area (Å²) in [5.41, 5.74) is 6.21. The van der Waals surface area contributed by atoms with E-state index in [4.69, 9.17) is 4.74 Å². The van der Waals surface area contributed by atoms with Crippen molar-refractivity contribution < 1.29 is 19.1 Å². The van der Waals surface area contributed by atoms with Gasteiger partial charge >= 0.3 is 0 Å². The maximum Gasteiger partial charge on any atom is 0.295 e. The third-order valence-electron chi connectivity index (χ3n) is 7.41. The molecule has 1 aliphatic heterocycles. The number of carbonyl (C=O) groups is 3. The molecule has 0 bridgehead atoms. The maximum absolute atomic E-state index is 13.6. The first kappa shape index (κ1) is 25.2. The number of hydrogen-bond acceptors (Lipinski definition) is 7. The van der Waals surface area contributed by atoms with E-state index in [1.54, 1.807) is 17.2 Å². The third-order valence-corrected chi connectivity index (χ3v) is 7.41. The van der Waals surface area contributed by atoms with Crippen LogP contribution in [0.3, 0.4) is 0 Å². The van der Waals surface area contributed by atoms with Crippen LogP contribution in [0.25, 0.3) is 27.9 Å². The molecule has 202 valence electrons. The molecule has 4 aromatic rings. The Labute approximate surface area is 229 Å². The minimum Gasteiger partial charge on any atom is -0.494 e. The molecule has 6 rings (SSSR count). The van der Waals surface area contributed by atoms with Crippen LogP contribution in [0.4, 0.5) is 0 Å². The summed E-state index contributed by atoms with van der Waals surface area (Å²) in [5.74, 6) is -1.17. The lowest BCUT2D eigenvalue weighted by atomic mass is 9.84. The molecule has 4 aromatic heterocycles. The summed E-state index contributed by atoms with van der Waals surface area (Å²) in [4.78, 5) is 52.8. The van der Waals surface area contributed by atoms with Gasteiger partial charge in [0.1, 0.15) is 22.8 Å². The van der Waals surface area contributed by atoms with E-state index in [0.29, 0.717) is 47.6 Å². The number of Topliss-reactive ketones (excluding diaryl/α,β-unsaturated/α-hetero) is 1. The number of aromatic nitrogens is 5. The van der Waals surface area contributed by atoms with E-state index >= 15 is 0 Å². The smallest absolute Gasteiger partial charge is 0.295 e. The first-order valence-corrected chi connectivity index (χ1v) is 13.0. The fourth-order valence-corrected chi connectivity index (χ4v) is 5.45. The number of H-pyrrole nitrogens is 2. The van der Waals surface area contributed by atoms with Gasteiger partial charge in [-0.15, -0.1) is 0 Å². The molecule has 40 heavy (non-hydrogen) atoms. The van der Waals surface area contributed by atoms with Crippen LogP contribution in [0.15, 0.2) is 60.1 Å². The van der Waals surface area contributed by atoms with E-state index in [-0.39, 0.29) is 17.2 Å². The van der Waals surface area contributed by atoms with Crippen LogP contribution < -0.4 is 10.1 Å². The van der Waals surface area contributed by atoms with Crippen LogP contribution in [-0.4, -0.2) is 74.9 Å². The Morgan fingerprint density at radius 1 is 1.12 bits per heavy atom. The number of carbonyl (C=O) groups excluding carboxylic acids is 3. The van der Waals surface area contributed by atoms with Crippen LogP contribution in [0.5, 0.6) is 5.75 Å². The van der Waals surface area contributed by atoms with Gasteiger partial charge in [0.2, 0.25) is 0 Å². The molecule has 2 aliphatic rings. The van der Waals surface area contributed by atoms with Gasteiger partial charge in [-0.1, -0.05) is 12.1 Å². The van der Waals surface area contributed by atoms with E-state index < -0.39 is 11.7 Å². The number of hydrogen-bond donors (Lipinski definition) is 3. The zero-order valence-electron chi connectivity index (χ0n) is 22.1. The highest BCUT2D eigenvalue weighted by Gasteiger charge is 2.32. The van der Waals surface area contributed by atoms with Gasteiger partial charge in [-0.3, -0.25) is 24.5 Å². The second-order valence-corrected chi connectivity index (χ2v) is 9.63. The highest BCUT2D eigenvalue weighted by Crippen LogP contribution is 2.38. The fourth-order valence-electron chi connectivity index (χ4n) is 5.45. The third kappa shape index (κ3) is 4.25. The number of nitrogens with one attached hydrogen (secondary N) is 3. The summed E-state index contributed by atoms with van der Waals surface area (Å²) >= 11 is 0. The Morgan fingerprint density at radius 2 is 2.00 bits per heavy atom. The number of ketones is 1. The lowest BCUT2D eigenvalue weighted by molar-refractivity contribution is -0.126. The van der Waals surface area contributed by atoms with E-state index in [0.717, 1.165) is 24.1 Å². The van der Waals surface area contributed by atoms with Crippen molar-refractivity contribution >= 4 is 34.1 Å². The van der Waals surface area contributed by atoms with E-state index in [9.17, 15) is 14.4 Å². The van der Waals surface area contributed by atoms with Gasteiger partial charge in [0, 0.05) is 32.5 Å². The number of aromatic amines is 2. The predicted molar refractivity (Wildman–Crippen MR) is 148 cm³/mol. The first-order chi connectivity index (χ1) is 19.5. The normalized spacial score (nSPS) is 15.1. The Morgan fingerprint density at radius 3 is 2.77 bits per heavy atom. The van der Waals surface area contributed by atoms with Crippen LogP contribution in [-0.2, 0) is 4.79 Å². The number of fused-ring (bicyclic) bond motifs is 1. The first-order valence-electron chi connectivity index (χ1n) is 13.0. The molecule has 0 unspecified atom stereocenters. The summed E-state index contributed by atoms with van der Waals surface area (Å²) in [6, 6.07) is 7.43. The van der Waals surface area contributed by atoms with Crippen molar-refractivity contribution in [2.24, 2.45) is 0 Å². The minimum absolute atomic E-state index is 0.194. The second-order valence-electron chi connectivity index (χ2n) is 9.63. The number of amides is 2. The number of rotatable bonds is 6. The largest absolute Gasteiger partial charge is 0.494 e. The van der Waals surface area contributed by atoms with Crippen molar-refractivity contribution in [1.82, 2.24) is 35.4 Å². The van der Waals surface area contributed by atoms with Gasteiger partial charge < -0.3 is 19.9 Å². The molecular weight excluding hydrogens is 510 g/mol. The standard InChI is InChI=1S/C29H27N7O4/c1-30-28(38)22-12-21(34-35-22)25-26-24(23(40-2)14-33-25)19(13-32-26)27(37)29(39)36-11-9-17-16(15-36)6-5-7-18(17)20-8-3-4-10-31-20/h3-4,7-8,10,12-14,32H,5-6,9,11,15H2,1-2H3,(H,30,38)(H,34,35). The highest BCUT2D eigenvalue weighted by molar-refractivity contribution is 6.45. The molecular formula is C29H27N7O4. The number of pyridine rings is 2. The van der Waals surface area contributed by atoms with Crippen molar-refractivity contribution in [2.45, 2.75) is 19.3 Å². The molecule has 0 radical (unpaired) electrons. The van der Waals surface area contributed by atoms with Crippen molar-refractivity contribution in [3.8, 4) is 17.1 Å². The lowest BCUT2D eigenvalue weighted by Crippen LogP contribution is -2.41. The molecule has 1 aliphatic carbocycles. The van der Waals surface area contributed by atoms with E-state index in [1.807, 2.05) is 18.2 Å². The molecule has 0 saturated carbocycles. The fraction of sp³-hybridized carbons (Fsp3) is 0.241. The van der Waals surface area contributed by atoms with Gasteiger partial charge in [0.15, 0.2) is 0 Å². The quantitative estimate of drug-likeness (QED) is 0.253. The topological polar surface area (TPSA) is 146 Å². The Balaban J connectivity index is 1.30. The Kier molecular flexibility index (Phi) is 6.47. The van der Waals surface area contributed by atoms with Crippen molar-refractivity contribution in [1.29, 1.82) is 0 Å². The molecule has 3 N–H and O–H groups in total. The van der Waals surface area contributed by atoms with Gasteiger partial charge in [-0.05, 0) is 54.2 Å². The summed E-state index contributed by atoms with van der Waals surface area (Å²) < 4.78 is 5.51. The van der Waals surface area contributed by atoms with Gasteiger partial charge in [0.05, 0.1) is 35.5 Å². The number of methoxy groups -OCH3 is 1. The Hall–Kier alpha value is -5.06. The highest BCUT2D eigenvalue weighted by atomic mass is 16.5. The van der Waals surface area contributed by atoms with E-state index in [2.05, 4.69) is 36.5 Å². The average molecular weight is 538 g/mol. The molecule has 11 nitrogen and oxygen atoms in total. The van der Waals surface area contributed by atoms with Crippen LogP contribution in [0, 0.1) is 0 Å². The summed E-state index contributed by atoms with van der Waals surface area (Å²) in [7, 11) is 3.00. The predicted octanol–water partition coefficient (Wildman–Crippen LogP) is 3.31. The Bertz CT molecular complexity index is 1710. The SMILES string of the molecule is CNC(=O)c1cc(-c2ncc(OC)c3c(C(=O)C(=O)N4CCC5=C(CCC=C5c5ccccn5)C4)c[nH]c23)n[nH]1. The molecule has 0 fully saturated rings. The summed E-state index contributed by atoms with van der Waals surface area (Å²) in [6.45, 7) is 0.849. The minimum atomic E-state index is -0.630. The molecule has 2 amide bonds. The van der Waals surface area contributed by atoms with Crippen molar-refractivity contribution in [3.63, 3.8) is 0 Å². The van der Waals surface area contributed by atoms with Gasteiger partial charge in [-0.2, -0.15) is 5.10 Å². The summed E-state index contributed by atoms with van der Waals surface area (Å²) in [6.07, 6.45) is 9.35. The number of ether oxygens (including phenoxy) is 1. The zero-order valence-corrected chi connectivity index (χ0v) is 22.1. The molecule has 11 heteroatoms. The number of allylic oxidation sites excluding steroid dienone is 2. The monoisotopic (exact) mass is 537 g/mol. The van der Waals surface area contributed by atoms with E-state index in [1.165, 1.54) is 37.7 Å². The van der Waals surface area contributed by atoms with Crippen molar-refractivity contribution in [3.05, 3.63) is 77.0 Å². The molecule has 5 heterocycles. The van der Waals surface area contributed by atoms with Gasteiger partial charge in [-0.25, -0.2) is 4.98 Å². The van der Waals surface area contributed by atoms with Gasteiger partial charge in [0.25, 0.3) is 17.6 Å². The average Bonchev–Trinajstić information content (AvgIpc) is 3.68. The summed E-state index contributed by atoms with van der Waals surface area (Å²) in [5, 5.41) is 9.87. The molecule has 0 aromatic carbocycles. The molecule has 0 atom stereocenters. The second kappa shape index (κ2) is 10.3. The lowest BCUT2D eigenvalue weighted by Gasteiger charge is -2.33. The van der Waals surface area contributed by atoms with Crippen molar-refractivity contribution in [2.75, 3.05) is 27.2 Å². The zero-order chi connectivity index (χ0) is 27.8. The molecule has 0 saturated heterocycles. The van der Waals surface area contributed by atoms with Crippen LogP contribution >= 0.6 is 0 Å². The van der Waals surface area contributed by atoms with Crippen LogP contribution in [0.2, 0.25) is 0 Å². The number of nitrogens with zero attached hydrogens (tertiary/aromatic N) is 4. The molecule has 0 spiro atoms. The van der Waals surface area contributed by atoms with Crippen LogP contribution in [0.1, 0.15) is 45.8 Å². The maximum atomic E-state index is 13.6.